The number of sulfone groups is 1. The van der Waals surface area contributed by atoms with E-state index in [-0.39, 0.29) is 12.3 Å². The first-order chi connectivity index (χ1) is 10.4. The molecule has 0 saturated heterocycles. The lowest BCUT2D eigenvalue weighted by Gasteiger charge is -2.19. The van der Waals surface area contributed by atoms with E-state index in [1.54, 1.807) is 6.07 Å². The predicted octanol–water partition coefficient (Wildman–Crippen LogP) is 3.35. The fourth-order valence-corrected chi connectivity index (χ4v) is 3.33. The maximum absolute atomic E-state index is 13.8. The Morgan fingerprint density at radius 2 is 1.82 bits per heavy atom. The fourth-order valence-electron chi connectivity index (χ4n) is 2.19. The summed E-state index contributed by atoms with van der Waals surface area (Å²) in [6.45, 7) is 0.153. The second-order valence-electron chi connectivity index (χ2n) is 5.14. The van der Waals surface area contributed by atoms with Crippen molar-refractivity contribution in [2.45, 2.75) is 12.6 Å². The molecular weight excluding hydrogens is 325 g/mol. The van der Waals surface area contributed by atoms with Crippen LogP contribution in [0.25, 0.3) is 0 Å². The molecule has 2 rings (SSSR count). The van der Waals surface area contributed by atoms with Gasteiger partial charge in [0.05, 0.1) is 5.75 Å². The summed E-state index contributed by atoms with van der Waals surface area (Å²) in [6, 6.07) is 13.3. The van der Waals surface area contributed by atoms with Crippen molar-refractivity contribution in [2.24, 2.45) is 0 Å². The molecule has 0 amide bonds. The first kappa shape index (κ1) is 16.9. The van der Waals surface area contributed by atoms with Gasteiger partial charge in [-0.25, -0.2) is 12.8 Å². The smallest absolute Gasteiger partial charge is 0.149 e. The number of hydrogen-bond donors (Lipinski definition) is 1. The minimum absolute atomic E-state index is 0.0664. The van der Waals surface area contributed by atoms with Crippen LogP contribution in [-0.2, 0) is 16.4 Å². The molecule has 0 radical (unpaired) electrons. The molecule has 2 aromatic rings. The first-order valence-corrected chi connectivity index (χ1v) is 9.19. The molecular formula is C16H17ClFNO2S. The normalized spacial score (nSPS) is 13.0. The van der Waals surface area contributed by atoms with Crippen molar-refractivity contribution >= 4 is 21.4 Å². The van der Waals surface area contributed by atoms with E-state index in [9.17, 15) is 12.8 Å². The van der Waals surface area contributed by atoms with E-state index in [0.717, 1.165) is 5.56 Å². The Morgan fingerprint density at radius 1 is 1.14 bits per heavy atom. The van der Waals surface area contributed by atoms with E-state index in [4.69, 9.17) is 11.6 Å². The summed E-state index contributed by atoms with van der Waals surface area (Å²) in [4.78, 5) is 0. The van der Waals surface area contributed by atoms with Crippen LogP contribution in [0.4, 0.5) is 4.39 Å². The van der Waals surface area contributed by atoms with Gasteiger partial charge in [0.15, 0.2) is 0 Å². The highest BCUT2D eigenvalue weighted by atomic mass is 35.5. The third-order valence-corrected chi connectivity index (χ3v) is 4.55. The number of hydrogen-bond acceptors (Lipinski definition) is 3. The zero-order valence-corrected chi connectivity index (χ0v) is 13.7. The van der Waals surface area contributed by atoms with Gasteiger partial charge >= 0.3 is 0 Å². The number of rotatable bonds is 6. The van der Waals surface area contributed by atoms with Gasteiger partial charge in [-0.1, -0.05) is 48.0 Å². The summed E-state index contributed by atoms with van der Waals surface area (Å²) in [7, 11) is -3.19. The third-order valence-electron chi connectivity index (χ3n) is 3.26. The van der Waals surface area contributed by atoms with Crippen LogP contribution in [0, 0.1) is 5.82 Å². The quantitative estimate of drug-likeness (QED) is 0.876. The van der Waals surface area contributed by atoms with Crippen LogP contribution in [-0.4, -0.2) is 20.4 Å². The first-order valence-electron chi connectivity index (χ1n) is 6.76. The van der Waals surface area contributed by atoms with Crippen LogP contribution in [0.15, 0.2) is 48.5 Å². The van der Waals surface area contributed by atoms with Gasteiger partial charge in [0.1, 0.15) is 15.7 Å². The van der Waals surface area contributed by atoms with Gasteiger partial charge in [-0.2, -0.15) is 0 Å². The van der Waals surface area contributed by atoms with Crippen LogP contribution in [0.2, 0.25) is 5.02 Å². The molecule has 22 heavy (non-hydrogen) atoms. The van der Waals surface area contributed by atoms with E-state index in [1.165, 1.54) is 18.4 Å². The molecule has 0 saturated carbocycles. The number of halogens is 2. The Bertz CT molecular complexity index is 715. The van der Waals surface area contributed by atoms with Crippen LogP contribution in [0.5, 0.6) is 0 Å². The Labute approximate surface area is 135 Å². The fraction of sp³-hybridized carbons (Fsp3) is 0.250. The highest BCUT2D eigenvalue weighted by Gasteiger charge is 2.18. The molecule has 6 heteroatoms. The lowest BCUT2D eigenvalue weighted by Crippen LogP contribution is -2.28. The average molecular weight is 342 g/mol. The summed E-state index contributed by atoms with van der Waals surface area (Å²) >= 11 is 5.99. The highest BCUT2D eigenvalue weighted by molar-refractivity contribution is 7.90. The summed E-state index contributed by atoms with van der Waals surface area (Å²) in [6.07, 6.45) is 1.18. The van der Waals surface area contributed by atoms with Crippen molar-refractivity contribution in [3.05, 3.63) is 70.5 Å². The molecule has 0 aliphatic heterocycles. The summed E-state index contributed by atoms with van der Waals surface area (Å²) < 4.78 is 37.0. The van der Waals surface area contributed by atoms with Gasteiger partial charge in [0.2, 0.25) is 0 Å². The second kappa shape index (κ2) is 7.22. The van der Waals surface area contributed by atoms with Crippen LogP contribution < -0.4 is 5.32 Å². The van der Waals surface area contributed by atoms with E-state index < -0.39 is 21.7 Å². The predicted molar refractivity (Wildman–Crippen MR) is 87.1 cm³/mol. The number of nitrogens with one attached hydrogen (secondary N) is 1. The molecule has 0 spiro atoms. The minimum Gasteiger partial charge on any atom is -0.305 e. The van der Waals surface area contributed by atoms with Crippen molar-refractivity contribution in [1.82, 2.24) is 5.32 Å². The van der Waals surface area contributed by atoms with E-state index in [2.05, 4.69) is 5.32 Å². The molecule has 3 nitrogen and oxygen atoms in total. The van der Waals surface area contributed by atoms with Crippen molar-refractivity contribution in [3.8, 4) is 0 Å². The van der Waals surface area contributed by atoms with Crippen molar-refractivity contribution in [3.63, 3.8) is 0 Å². The SMILES string of the molecule is CS(=O)(=O)CC(NCc1c(F)cccc1Cl)c1ccccc1. The molecule has 0 aliphatic rings. The van der Waals surface area contributed by atoms with Gasteiger partial charge in [0, 0.05) is 29.4 Å². The zero-order chi connectivity index (χ0) is 16.2. The van der Waals surface area contributed by atoms with E-state index >= 15 is 0 Å². The topological polar surface area (TPSA) is 46.2 Å². The molecule has 0 aromatic heterocycles. The summed E-state index contributed by atoms with van der Waals surface area (Å²) in [5, 5.41) is 3.41. The molecule has 1 unspecified atom stereocenters. The van der Waals surface area contributed by atoms with E-state index in [1.807, 2.05) is 30.3 Å². The Balaban J connectivity index is 2.20. The van der Waals surface area contributed by atoms with E-state index in [0.29, 0.717) is 10.6 Å². The van der Waals surface area contributed by atoms with Gasteiger partial charge in [-0.05, 0) is 17.7 Å². The van der Waals surface area contributed by atoms with Crippen LogP contribution in [0.1, 0.15) is 17.2 Å². The van der Waals surface area contributed by atoms with Crippen LogP contribution in [0.3, 0.4) is 0 Å². The van der Waals surface area contributed by atoms with Crippen LogP contribution >= 0.6 is 11.6 Å². The van der Waals surface area contributed by atoms with Crippen molar-refractivity contribution < 1.29 is 12.8 Å². The van der Waals surface area contributed by atoms with Crippen molar-refractivity contribution in [2.75, 3.05) is 12.0 Å². The molecule has 1 atom stereocenters. The molecule has 0 fully saturated rings. The number of benzene rings is 2. The lowest BCUT2D eigenvalue weighted by atomic mass is 10.1. The molecule has 0 heterocycles. The van der Waals surface area contributed by atoms with Gasteiger partial charge in [-0.3, -0.25) is 0 Å². The minimum atomic E-state index is -3.19. The van der Waals surface area contributed by atoms with Gasteiger partial charge in [-0.15, -0.1) is 0 Å². The maximum atomic E-state index is 13.8. The molecule has 0 bridgehead atoms. The lowest BCUT2D eigenvalue weighted by molar-refractivity contribution is 0.534. The summed E-state index contributed by atoms with van der Waals surface area (Å²) in [5.74, 6) is -0.477. The highest BCUT2D eigenvalue weighted by Crippen LogP contribution is 2.21. The molecule has 2 aromatic carbocycles. The third kappa shape index (κ3) is 4.80. The molecule has 118 valence electrons. The Kier molecular flexibility index (Phi) is 5.56. The average Bonchev–Trinajstić information content (AvgIpc) is 2.45. The zero-order valence-electron chi connectivity index (χ0n) is 12.1. The Morgan fingerprint density at radius 3 is 2.41 bits per heavy atom. The summed E-state index contributed by atoms with van der Waals surface area (Å²) in [5.41, 5.74) is 1.17. The maximum Gasteiger partial charge on any atom is 0.149 e. The second-order valence-corrected chi connectivity index (χ2v) is 7.73. The van der Waals surface area contributed by atoms with Gasteiger partial charge < -0.3 is 5.32 Å². The van der Waals surface area contributed by atoms with Crippen molar-refractivity contribution in [1.29, 1.82) is 0 Å². The monoisotopic (exact) mass is 341 g/mol. The Hall–Kier alpha value is -1.43. The standard InChI is InChI=1S/C16H17ClFNO2S/c1-22(20,21)11-16(12-6-3-2-4-7-12)19-10-13-14(17)8-5-9-15(13)18/h2-9,16,19H,10-11H2,1H3. The molecule has 0 aliphatic carbocycles. The largest absolute Gasteiger partial charge is 0.305 e. The van der Waals surface area contributed by atoms with Gasteiger partial charge in [0.25, 0.3) is 0 Å². The molecule has 1 N–H and O–H groups in total.